The van der Waals surface area contributed by atoms with Crippen molar-refractivity contribution in [3.8, 4) is 5.75 Å². The molecule has 1 rings (SSSR count). The first-order valence-corrected chi connectivity index (χ1v) is 8.15. The summed E-state index contributed by atoms with van der Waals surface area (Å²) in [4.78, 5) is 0. The van der Waals surface area contributed by atoms with Gasteiger partial charge in [0, 0.05) is 24.9 Å². The second-order valence-corrected chi connectivity index (χ2v) is 6.28. The summed E-state index contributed by atoms with van der Waals surface area (Å²) >= 11 is 0. The average molecular weight is 302 g/mol. The highest BCUT2D eigenvalue weighted by Gasteiger charge is 2.12. The van der Waals surface area contributed by atoms with Crippen molar-refractivity contribution >= 4 is 15.7 Å². The molecule has 0 bridgehead atoms. The molecule has 0 fully saturated rings. The normalized spacial score (nSPS) is 13.1. The van der Waals surface area contributed by atoms with Crippen molar-refractivity contribution in [1.82, 2.24) is 4.72 Å². The van der Waals surface area contributed by atoms with Crippen molar-refractivity contribution in [3.05, 3.63) is 24.3 Å². The van der Waals surface area contributed by atoms with Crippen molar-refractivity contribution in [2.45, 2.75) is 20.0 Å². The molecule has 0 aliphatic carbocycles. The fourth-order valence-corrected chi connectivity index (χ4v) is 2.47. The topological polar surface area (TPSA) is 90.6 Å². The number of nitrogen functional groups attached to an aromatic ring is 1. The number of rotatable bonds is 9. The van der Waals surface area contributed by atoms with E-state index in [0.29, 0.717) is 18.0 Å². The van der Waals surface area contributed by atoms with Gasteiger partial charge in [-0.15, -0.1) is 0 Å². The van der Waals surface area contributed by atoms with Crippen LogP contribution in [0.1, 0.15) is 13.8 Å². The van der Waals surface area contributed by atoms with Gasteiger partial charge in [0.05, 0.1) is 11.9 Å². The van der Waals surface area contributed by atoms with E-state index in [9.17, 15) is 8.42 Å². The van der Waals surface area contributed by atoms with E-state index in [1.807, 2.05) is 13.8 Å². The number of ether oxygens (including phenoxy) is 2. The van der Waals surface area contributed by atoms with Gasteiger partial charge in [-0.05, 0) is 26.0 Å². The molecule has 0 spiro atoms. The van der Waals surface area contributed by atoms with E-state index in [4.69, 9.17) is 15.2 Å². The first kappa shape index (κ1) is 16.7. The minimum absolute atomic E-state index is 0.0712. The van der Waals surface area contributed by atoms with Gasteiger partial charge in [0.25, 0.3) is 0 Å². The second-order valence-electron chi connectivity index (χ2n) is 4.35. The van der Waals surface area contributed by atoms with Crippen LogP contribution in [0.5, 0.6) is 5.75 Å². The summed E-state index contributed by atoms with van der Waals surface area (Å²) in [6.45, 7) is 4.57. The lowest BCUT2D eigenvalue weighted by molar-refractivity contribution is 0.0799. The fourth-order valence-electron chi connectivity index (χ4n) is 1.53. The van der Waals surface area contributed by atoms with Crippen LogP contribution >= 0.6 is 0 Å². The Morgan fingerprint density at radius 1 is 1.40 bits per heavy atom. The highest BCUT2D eigenvalue weighted by Crippen LogP contribution is 2.14. The fraction of sp³-hybridized carbons (Fsp3) is 0.538. The van der Waals surface area contributed by atoms with Gasteiger partial charge in [-0.3, -0.25) is 0 Å². The van der Waals surface area contributed by atoms with Crippen LogP contribution in [0.15, 0.2) is 24.3 Å². The summed E-state index contributed by atoms with van der Waals surface area (Å²) < 4.78 is 36.5. The predicted octanol–water partition coefficient (Wildman–Crippen LogP) is 0.992. The summed E-state index contributed by atoms with van der Waals surface area (Å²) in [6, 6.07) is 6.87. The Morgan fingerprint density at radius 2 is 2.15 bits per heavy atom. The summed E-state index contributed by atoms with van der Waals surface area (Å²) in [6.07, 6.45) is -0.149. The summed E-state index contributed by atoms with van der Waals surface area (Å²) in [5.41, 5.74) is 6.18. The van der Waals surface area contributed by atoms with Gasteiger partial charge >= 0.3 is 0 Å². The molecule has 0 aromatic heterocycles. The molecular weight excluding hydrogens is 280 g/mol. The smallest absolute Gasteiger partial charge is 0.215 e. The van der Waals surface area contributed by atoms with E-state index in [1.165, 1.54) is 0 Å². The van der Waals surface area contributed by atoms with E-state index < -0.39 is 10.0 Å². The van der Waals surface area contributed by atoms with Crippen LogP contribution in [0.3, 0.4) is 0 Å². The SMILES string of the molecule is CCOC(C)CNS(=O)(=O)CCOc1cccc(N)c1. The van der Waals surface area contributed by atoms with Crippen LogP contribution in [0, 0.1) is 0 Å². The molecule has 1 aromatic rings. The molecule has 0 radical (unpaired) electrons. The maximum Gasteiger partial charge on any atom is 0.215 e. The van der Waals surface area contributed by atoms with Crippen molar-refractivity contribution in [2.24, 2.45) is 0 Å². The highest BCUT2D eigenvalue weighted by atomic mass is 32.2. The maximum absolute atomic E-state index is 11.7. The molecule has 0 amide bonds. The van der Waals surface area contributed by atoms with Gasteiger partial charge in [0.15, 0.2) is 0 Å². The predicted molar refractivity (Wildman–Crippen MR) is 79.2 cm³/mol. The second kappa shape index (κ2) is 8.08. The molecule has 0 saturated carbocycles. The minimum Gasteiger partial charge on any atom is -0.492 e. The van der Waals surface area contributed by atoms with Crippen LogP contribution in [0.4, 0.5) is 5.69 Å². The zero-order valence-corrected chi connectivity index (χ0v) is 12.7. The van der Waals surface area contributed by atoms with Crippen LogP contribution in [-0.4, -0.2) is 40.0 Å². The largest absolute Gasteiger partial charge is 0.492 e. The van der Waals surface area contributed by atoms with Crippen molar-refractivity contribution in [2.75, 3.05) is 31.2 Å². The lowest BCUT2D eigenvalue weighted by Gasteiger charge is -2.13. The Balaban J connectivity index is 2.32. The van der Waals surface area contributed by atoms with Crippen molar-refractivity contribution < 1.29 is 17.9 Å². The first-order chi connectivity index (χ1) is 9.43. The summed E-state index contributed by atoms with van der Waals surface area (Å²) in [7, 11) is -3.36. The maximum atomic E-state index is 11.7. The third-order valence-electron chi connectivity index (χ3n) is 2.52. The zero-order chi connectivity index (χ0) is 15.0. The molecule has 0 aliphatic heterocycles. The molecule has 1 unspecified atom stereocenters. The van der Waals surface area contributed by atoms with Gasteiger partial charge in [0.1, 0.15) is 12.4 Å². The number of nitrogens with two attached hydrogens (primary N) is 1. The third-order valence-corrected chi connectivity index (χ3v) is 3.83. The number of nitrogens with one attached hydrogen (secondary N) is 1. The van der Waals surface area contributed by atoms with Gasteiger partial charge < -0.3 is 15.2 Å². The molecule has 7 heteroatoms. The monoisotopic (exact) mass is 302 g/mol. The molecule has 20 heavy (non-hydrogen) atoms. The third kappa shape index (κ3) is 6.74. The van der Waals surface area contributed by atoms with E-state index in [0.717, 1.165) is 0 Å². The summed E-state index contributed by atoms with van der Waals surface area (Å²) in [5, 5.41) is 0. The van der Waals surface area contributed by atoms with Crippen LogP contribution < -0.4 is 15.2 Å². The molecule has 6 nitrogen and oxygen atoms in total. The molecule has 0 saturated heterocycles. The minimum atomic E-state index is -3.36. The Hall–Kier alpha value is -1.31. The van der Waals surface area contributed by atoms with E-state index >= 15 is 0 Å². The molecule has 3 N–H and O–H groups in total. The highest BCUT2D eigenvalue weighted by molar-refractivity contribution is 7.89. The van der Waals surface area contributed by atoms with Crippen molar-refractivity contribution in [1.29, 1.82) is 0 Å². The van der Waals surface area contributed by atoms with Crippen molar-refractivity contribution in [3.63, 3.8) is 0 Å². The Morgan fingerprint density at radius 3 is 2.80 bits per heavy atom. The molecule has 1 atom stereocenters. The van der Waals surface area contributed by atoms with Gasteiger partial charge in [-0.2, -0.15) is 0 Å². The molecule has 0 aliphatic rings. The van der Waals surface area contributed by atoms with Crippen LogP contribution in [0.2, 0.25) is 0 Å². The lowest BCUT2D eigenvalue weighted by atomic mass is 10.3. The van der Waals surface area contributed by atoms with Crippen LogP contribution in [0.25, 0.3) is 0 Å². The standard InChI is InChI=1S/C13H22N2O4S/c1-3-18-11(2)10-15-20(16,17)8-7-19-13-6-4-5-12(14)9-13/h4-6,9,11,15H,3,7-8,10,14H2,1-2H3. The molecule has 1 aromatic carbocycles. The Bertz CT molecular complexity index is 505. The number of benzene rings is 1. The average Bonchev–Trinajstić information content (AvgIpc) is 2.37. The van der Waals surface area contributed by atoms with E-state index in [1.54, 1.807) is 24.3 Å². The summed E-state index contributed by atoms with van der Waals surface area (Å²) in [5.74, 6) is 0.448. The number of sulfonamides is 1. The number of anilines is 1. The van der Waals surface area contributed by atoms with E-state index in [-0.39, 0.29) is 25.0 Å². The van der Waals surface area contributed by atoms with E-state index in [2.05, 4.69) is 4.72 Å². The first-order valence-electron chi connectivity index (χ1n) is 6.50. The zero-order valence-electron chi connectivity index (χ0n) is 11.8. The number of hydrogen-bond donors (Lipinski definition) is 2. The van der Waals surface area contributed by atoms with Crippen LogP contribution in [-0.2, 0) is 14.8 Å². The van der Waals surface area contributed by atoms with Gasteiger partial charge in [0.2, 0.25) is 10.0 Å². The number of hydrogen-bond acceptors (Lipinski definition) is 5. The van der Waals surface area contributed by atoms with Gasteiger partial charge in [-0.1, -0.05) is 6.07 Å². The molecule has 114 valence electrons. The lowest BCUT2D eigenvalue weighted by Crippen LogP contribution is -2.35. The quantitative estimate of drug-likeness (QED) is 0.664. The molecular formula is C13H22N2O4S. The Kier molecular flexibility index (Phi) is 6.77. The Labute approximate surface area is 120 Å². The van der Waals surface area contributed by atoms with Gasteiger partial charge in [-0.25, -0.2) is 13.1 Å². The molecule has 0 heterocycles.